The van der Waals surface area contributed by atoms with E-state index in [1.54, 1.807) is 6.26 Å². The molecule has 0 aliphatic carbocycles. The Labute approximate surface area is 73.3 Å². The Balaban J connectivity index is 2.59. The van der Waals surface area contributed by atoms with Crippen molar-refractivity contribution in [2.75, 3.05) is 6.54 Å². The first kappa shape index (κ1) is 9.07. The first-order chi connectivity index (χ1) is 5.88. The minimum Gasteiger partial charge on any atom is -0.468 e. The summed E-state index contributed by atoms with van der Waals surface area (Å²) in [5.41, 5.74) is 0. The van der Waals surface area contributed by atoms with E-state index < -0.39 is 0 Å². The summed E-state index contributed by atoms with van der Waals surface area (Å²) in [5, 5.41) is 3.32. The van der Waals surface area contributed by atoms with E-state index in [1.165, 1.54) is 0 Å². The van der Waals surface area contributed by atoms with Gasteiger partial charge in [0.25, 0.3) is 0 Å². The van der Waals surface area contributed by atoms with Gasteiger partial charge in [0.1, 0.15) is 5.76 Å². The van der Waals surface area contributed by atoms with E-state index in [0.29, 0.717) is 0 Å². The number of rotatable bonds is 5. The maximum Gasteiger partial charge on any atom is 0.120 e. The average molecular weight is 165 g/mol. The van der Waals surface area contributed by atoms with Gasteiger partial charge in [-0.05, 0) is 25.1 Å². The van der Waals surface area contributed by atoms with Crippen molar-refractivity contribution in [1.29, 1.82) is 0 Å². The van der Waals surface area contributed by atoms with Crippen LogP contribution in [0.15, 0.2) is 35.5 Å². The molecule has 0 aliphatic rings. The zero-order valence-electron chi connectivity index (χ0n) is 7.42. The zero-order valence-corrected chi connectivity index (χ0v) is 7.42. The van der Waals surface area contributed by atoms with E-state index in [2.05, 4.69) is 18.8 Å². The lowest BCUT2D eigenvalue weighted by Crippen LogP contribution is -2.19. The molecule has 1 heterocycles. The van der Waals surface area contributed by atoms with Gasteiger partial charge in [0.15, 0.2) is 0 Å². The van der Waals surface area contributed by atoms with Gasteiger partial charge < -0.3 is 9.73 Å². The van der Waals surface area contributed by atoms with E-state index in [1.807, 2.05) is 18.2 Å². The molecule has 0 aliphatic heterocycles. The maximum atomic E-state index is 5.29. The third kappa shape index (κ3) is 2.24. The highest BCUT2D eigenvalue weighted by atomic mass is 16.3. The van der Waals surface area contributed by atoms with Gasteiger partial charge in [-0.1, -0.05) is 13.0 Å². The van der Waals surface area contributed by atoms with Crippen LogP contribution < -0.4 is 5.32 Å². The summed E-state index contributed by atoms with van der Waals surface area (Å²) in [4.78, 5) is 0. The quantitative estimate of drug-likeness (QED) is 0.678. The molecule has 0 amide bonds. The number of hydrogen-bond acceptors (Lipinski definition) is 2. The van der Waals surface area contributed by atoms with Gasteiger partial charge >= 0.3 is 0 Å². The molecule has 12 heavy (non-hydrogen) atoms. The van der Waals surface area contributed by atoms with Crippen LogP contribution in [0.2, 0.25) is 0 Å². The molecule has 1 rings (SSSR count). The highest BCUT2D eigenvalue weighted by molar-refractivity contribution is 5.05. The lowest BCUT2D eigenvalue weighted by atomic mass is 10.1. The van der Waals surface area contributed by atoms with Crippen molar-refractivity contribution in [2.45, 2.75) is 19.4 Å². The number of furan rings is 1. The molecule has 1 aromatic heterocycles. The molecular formula is C10H15NO. The standard InChI is InChI=1S/C10H15NO/c1-3-6-9(11-4-2)10-7-5-8-12-10/h3,5,7-9,11H,1,4,6H2,2H3. The molecule has 2 nitrogen and oxygen atoms in total. The topological polar surface area (TPSA) is 25.2 Å². The van der Waals surface area contributed by atoms with Gasteiger partial charge in [0, 0.05) is 0 Å². The van der Waals surface area contributed by atoms with Crippen molar-refractivity contribution < 1.29 is 4.42 Å². The van der Waals surface area contributed by atoms with E-state index in [9.17, 15) is 0 Å². The second-order valence-corrected chi connectivity index (χ2v) is 2.65. The van der Waals surface area contributed by atoms with Crippen LogP contribution in [0.5, 0.6) is 0 Å². The number of nitrogens with one attached hydrogen (secondary N) is 1. The minimum absolute atomic E-state index is 0.280. The van der Waals surface area contributed by atoms with Gasteiger partial charge in [-0.15, -0.1) is 6.58 Å². The highest BCUT2D eigenvalue weighted by Crippen LogP contribution is 2.16. The Morgan fingerprint density at radius 3 is 3.08 bits per heavy atom. The SMILES string of the molecule is C=CCC(NCC)c1ccco1. The first-order valence-electron chi connectivity index (χ1n) is 4.26. The smallest absolute Gasteiger partial charge is 0.120 e. The summed E-state index contributed by atoms with van der Waals surface area (Å²) in [6.45, 7) is 6.74. The van der Waals surface area contributed by atoms with Gasteiger partial charge in [-0.2, -0.15) is 0 Å². The van der Waals surface area contributed by atoms with Crippen LogP contribution in [-0.2, 0) is 0 Å². The summed E-state index contributed by atoms with van der Waals surface area (Å²) >= 11 is 0. The fourth-order valence-corrected chi connectivity index (χ4v) is 1.20. The largest absolute Gasteiger partial charge is 0.468 e. The summed E-state index contributed by atoms with van der Waals surface area (Å²) < 4.78 is 5.29. The minimum atomic E-state index is 0.280. The van der Waals surface area contributed by atoms with Gasteiger partial charge in [0.05, 0.1) is 12.3 Å². The molecule has 0 radical (unpaired) electrons. The molecule has 0 saturated heterocycles. The van der Waals surface area contributed by atoms with Crippen LogP contribution in [0, 0.1) is 0 Å². The Bertz CT molecular complexity index is 216. The van der Waals surface area contributed by atoms with E-state index in [-0.39, 0.29) is 6.04 Å². The predicted octanol–water partition coefficient (Wildman–Crippen LogP) is 2.51. The average Bonchev–Trinajstić information content (AvgIpc) is 2.56. The second-order valence-electron chi connectivity index (χ2n) is 2.65. The number of hydrogen-bond donors (Lipinski definition) is 1. The molecule has 1 N–H and O–H groups in total. The lowest BCUT2D eigenvalue weighted by Gasteiger charge is -2.12. The highest BCUT2D eigenvalue weighted by Gasteiger charge is 2.09. The molecule has 2 heteroatoms. The third-order valence-electron chi connectivity index (χ3n) is 1.74. The van der Waals surface area contributed by atoms with Gasteiger partial charge in [0.2, 0.25) is 0 Å². The van der Waals surface area contributed by atoms with Crippen molar-refractivity contribution in [1.82, 2.24) is 5.32 Å². The summed E-state index contributed by atoms with van der Waals surface area (Å²) in [6.07, 6.45) is 4.50. The molecule has 1 aromatic rings. The van der Waals surface area contributed by atoms with Crippen LogP contribution in [-0.4, -0.2) is 6.54 Å². The van der Waals surface area contributed by atoms with Crippen molar-refractivity contribution >= 4 is 0 Å². The van der Waals surface area contributed by atoms with E-state index in [0.717, 1.165) is 18.7 Å². The van der Waals surface area contributed by atoms with Crippen molar-refractivity contribution in [3.05, 3.63) is 36.8 Å². The predicted molar refractivity (Wildman–Crippen MR) is 49.9 cm³/mol. The van der Waals surface area contributed by atoms with Crippen LogP contribution in [0.25, 0.3) is 0 Å². The Hall–Kier alpha value is -1.02. The normalized spacial score (nSPS) is 12.8. The van der Waals surface area contributed by atoms with E-state index >= 15 is 0 Å². The lowest BCUT2D eigenvalue weighted by molar-refractivity contribution is 0.420. The van der Waals surface area contributed by atoms with Crippen molar-refractivity contribution in [3.63, 3.8) is 0 Å². The summed E-state index contributed by atoms with van der Waals surface area (Å²) in [5.74, 6) is 0.983. The van der Waals surface area contributed by atoms with E-state index in [4.69, 9.17) is 4.42 Å². The zero-order chi connectivity index (χ0) is 8.81. The third-order valence-corrected chi connectivity index (χ3v) is 1.74. The van der Waals surface area contributed by atoms with Crippen LogP contribution >= 0.6 is 0 Å². The van der Waals surface area contributed by atoms with Crippen molar-refractivity contribution in [2.24, 2.45) is 0 Å². The summed E-state index contributed by atoms with van der Waals surface area (Å²) in [7, 11) is 0. The molecule has 0 spiro atoms. The molecular weight excluding hydrogens is 150 g/mol. The Morgan fingerprint density at radius 1 is 1.75 bits per heavy atom. The second kappa shape index (κ2) is 4.78. The Kier molecular flexibility index (Phi) is 3.61. The van der Waals surface area contributed by atoms with Crippen LogP contribution in [0.4, 0.5) is 0 Å². The molecule has 0 fully saturated rings. The molecule has 66 valence electrons. The maximum absolute atomic E-state index is 5.29. The fraction of sp³-hybridized carbons (Fsp3) is 0.400. The van der Waals surface area contributed by atoms with Gasteiger partial charge in [-0.25, -0.2) is 0 Å². The molecule has 1 unspecified atom stereocenters. The van der Waals surface area contributed by atoms with Crippen molar-refractivity contribution in [3.8, 4) is 0 Å². The summed E-state index contributed by atoms with van der Waals surface area (Å²) in [6, 6.07) is 4.17. The first-order valence-corrected chi connectivity index (χ1v) is 4.26. The van der Waals surface area contributed by atoms with Crippen LogP contribution in [0.1, 0.15) is 25.1 Å². The van der Waals surface area contributed by atoms with Crippen LogP contribution in [0.3, 0.4) is 0 Å². The molecule has 0 bridgehead atoms. The Morgan fingerprint density at radius 2 is 2.58 bits per heavy atom. The van der Waals surface area contributed by atoms with Gasteiger partial charge in [-0.3, -0.25) is 0 Å². The fourth-order valence-electron chi connectivity index (χ4n) is 1.20. The molecule has 0 saturated carbocycles. The molecule has 1 atom stereocenters. The monoisotopic (exact) mass is 165 g/mol. The molecule has 0 aromatic carbocycles.